The fourth-order valence-electron chi connectivity index (χ4n) is 5.91. The molecule has 5 rings (SSSR count). The molecule has 1 unspecified atom stereocenters. The second-order valence-electron chi connectivity index (χ2n) is 10.4. The number of rotatable bonds is 10. The van der Waals surface area contributed by atoms with Gasteiger partial charge in [0.05, 0.1) is 30.0 Å². The first kappa shape index (κ1) is 29.6. The third-order valence-corrected chi connectivity index (χ3v) is 8.14. The Morgan fingerprint density at radius 3 is 2.02 bits per heavy atom. The number of esters is 1. The van der Waals surface area contributed by atoms with Crippen LogP contribution in [0.15, 0.2) is 84.9 Å². The van der Waals surface area contributed by atoms with Gasteiger partial charge >= 0.3 is 12.0 Å². The molecule has 2 aliphatic heterocycles. The number of amides is 3. The molecule has 1 N–H and O–H groups in total. The molecule has 220 valence electrons. The molecule has 0 spiro atoms. The standard InChI is InChI=1S/C32H35ClN4O5/c1-2-42-29(39)23-36-30(40)32(24-11-5-3-6-12-24,25-13-7-4-8-14-25)37(31(36)41)22-26(38)21-34-17-19-35(20-18-34)28-16-10-9-15-27(28)33/h3-16,26,38H,2,17-23H2,1H3. The summed E-state index contributed by atoms with van der Waals surface area (Å²) in [6.45, 7) is 4.36. The van der Waals surface area contributed by atoms with Crippen molar-refractivity contribution in [1.29, 1.82) is 0 Å². The van der Waals surface area contributed by atoms with Crippen LogP contribution in [0.4, 0.5) is 10.5 Å². The Morgan fingerprint density at radius 2 is 1.45 bits per heavy atom. The maximum atomic E-state index is 14.3. The lowest BCUT2D eigenvalue weighted by Gasteiger charge is -2.39. The van der Waals surface area contributed by atoms with Crippen molar-refractivity contribution >= 4 is 35.2 Å². The monoisotopic (exact) mass is 590 g/mol. The summed E-state index contributed by atoms with van der Waals surface area (Å²) < 4.78 is 5.07. The summed E-state index contributed by atoms with van der Waals surface area (Å²) in [6, 6.07) is 25.1. The molecule has 3 aromatic carbocycles. The first-order valence-electron chi connectivity index (χ1n) is 14.2. The first-order valence-corrected chi connectivity index (χ1v) is 14.5. The van der Waals surface area contributed by atoms with Crippen molar-refractivity contribution in [3.63, 3.8) is 0 Å². The van der Waals surface area contributed by atoms with E-state index in [1.54, 1.807) is 55.5 Å². The zero-order valence-electron chi connectivity index (χ0n) is 23.6. The van der Waals surface area contributed by atoms with Gasteiger partial charge in [-0.25, -0.2) is 4.79 Å². The number of anilines is 1. The van der Waals surface area contributed by atoms with Gasteiger partial charge < -0.3 is 14.7 Å². The number of hydrogen-bond acceptors (Lipinski definition) is 7. The van der Waals surface area contributed by atoms with Gasteiger partial charge in [-0.15, -0.1) is 0 Å². The topological polar surface area (TPSA) is 93.6 Å². The maximum Gasteiger partial charge on any atom is 0.328 e. The zero-order valence-corrected chi connectivity index (χ0v) is 24.3. The molecule has 10 heteroatoms. The van der Waals surface area contributed by atoms with Crippen molar-refractivity contribution in [2.75, 3.05) is 57.3 Å². The summed E-state index contributed by atoms with van der Waals surface area (Å²) in [7, 11) is 0. The Bertz CT molecular complexity index is 1360. The molecular formula is C32H35ClN4O5. The Hall–Kier alpha value is -3.92. The van der Waals surface area contributed by atoms with Gasteiger partial charge in [-0.3, -0.25) is 24.3 Å². The van der Waals surface area contributed by atoms with E-state index in [2.05, 4.69) is 9.80 Å². The molecule has 2 aliphatic rings. The van der Waals surface area contributed by atoms with E-state index in [4.69, 9.17) is 16.3 Å². The van der Waals surface area contributed by atoms with Crippen LogP contribution in [0.25, 0.3) is 0 Å². The van der Waals surface area contributed by atoms with Gasteiger partial charge in [-0.05, 0) is 30.2 Å². The van der Waals surface area contributed by atoms with Gasteiger partial charge in [0, 0.05) is 32.7 Å². The van der Waals surface area contributed by atoms with Gasteiger partial charge in [-0.2, -0.15) is 0 Å². The van der Waals surface area contributed by atoms with Crippen LogP contribution in [-0.2, 0) is 19.9 Å². The molecule has 2 saturated heterocycles. The number of β-amino-alcohol motifs (C(OH)–C–C–N with tert-alkyl or cyclic N) is 1. The highest BCUT2D eigenvalue weighted by Gasteiger charge is 2.60. The third kappa shape index (κ3) is 5.72. The molecule has 0 aliphatic carbocycles. The number of para-hydroxylation sites is 1. The number of ether oxygens (including phenoxy) is 1. The number of carbonyl (C=O) groups is 3. The highest BCUT2D eigenvalue weighted by atomic mass is 35.5. The Labute approximate surface area is 250 Å². The Balaban J connectivity index is 1.41. The minimum absolute atomic E-state index is 0.113. The van der Waals surface area contributed by atoms with E-state index in [0.717, 1.165) is 23.7 Å². The molecule has 9 nitrogen and oxygen atoms in total. The predicted molar refractivity (Wildman–Crippen MR) is 160 cm³/mol. The van der Waals surface area contributed by atoms with Gasteiger partial charge in [0.1, 0.15) is 6.54 Å². The average Bonchev–Trinajstić information content (AvgIpc) is 3.20. The van der Waals surface area contributed by atoms with Crippen LogP contribution in [-0.4, -0.2) is 96.2 Å². The van der Waals surface area contributed by atoms with Crippen LogP contribution in [0.5, 0.6) is 0 Å². The molecule has 1 atom stereocenters. The second kappa shape index (κ2) is 12.9. The van der Waals surface area contributed by atoms with E-state index >= 15 is 0 Å². The smallest absolute Gasteiger partial charge is 0.328 e. The SMILES string of the molecule is CCOC(=O)CN1C(=O)N(CC(O)CN2CCN(c3ccccc3Cl)CC2)C(c2ccccc2)(c2ccccc2)C1=O. The number of urea groups is 1. The fraction of sp³-hybridized carbons (Fsp3) is 0.344. The van der Waals surface area contributed by atoms with Crippen LogP contribution >= 0.6 is 11.6 Å². The van der Waals surface area contributed by atoms with Crippen LogP contribution in [0, 0.1) is 0 Å². The summed E-state index contributed by atoms with van der Waals surface area (Å²) in [4.78, 5) is 47.4. The number of piperazine rings is 1. The van der Waals surface area contributed by atoms with Crippen LogP contribution in [0.3, 0.4) is 0 Å². The Morgan fingerprint density at radius 1 is 0.881 bits per heavy atom. The van der Waals surface area contributed by atoms with Gasteiger partial charge in [0.2, 0.25) is 0 Å². The van der Waals surface area contributed by atoms with Crippen LogP contribution in [0.1, 0.15) is 18.1 Å². The molecule has 2 heterocycles. The zero-order chi connectivity index (χ0) is 29.7. The molecular weight excluding hydrogens is 556 g/mol. The fourth-order valence-corrected chi connectivity index (χ4v) is 6.16. The molecule has 3 aromatic rings. The van der Waals surface area contributed by atoms with Gasteiger partial charge in [0.15, 0.2) is 5.54 Å². The number of nitrogens with zero attached hydrogens (tertiary/aromatic N) is 4. The summed E-state index contributed by atoms with van der Waals surface area (Å²) in [6.07, 6.45) is -0.956. The minimum Gasteiger partial charge on any atom is -0.465 e. The van der Waals surface area contributed by atoms with Crippen LogP contribution in [0.2, 0.25) is 5.02 Å². The van der Waals surface area contributed by atoms with E-state index in [1.807, 2.05) is 36.4 Å². The minimum atomic E-state index is -1.56. The normalized spacial score (nSPS) is 17.9. The second-order valence-corrected chi connectivity index (χ2v) is 10.8. The number of imide groups is 1. The van der Waals surface area contributed by atoms with Crippen molar-refractivity contribution < 1.29 is 24.2 Å². The van der Waals surface area contributed by atoms with Gasteiger partial charge in [0.25, 0.3) is 5.91 Å². The largest absolute Gasteiger partial charge is 0.465 e. The highest BCUT2D eigenvalue weighted by Crippen LogP contribution is 2.43. The quantitative estimate of drug-likeness (QED) is 0.285. The lowest BCUT2D eigenvalue weighted by molar-refractivity contribution is -0.147. The van der Waals surface area contributed by atoms with E-state index in [-0.39, 0.29) is 13.2 Å². The number of carbonyl (C=O) groups excluding carboxylic acids is 3. The lowest BCUT2D eigenvalue weighted by Crippen LogP contribution is -2.53. The number of hydrogen-bond donors (Lipinski definition) is 1. The van der Waals surface area contributed by atoms with E-state index in [9.17, 15) is 19.5 Å². The highest BCUT2D eigenvalue weighted by molar-refractivity contribution is 6.33. The van der Waals surface area contributed by atoms with E-state index < -0.39 is 36.1 Å². The number of aliphatic hydroxyl groups excluding tert-OH is 1. The van der Waals surface area contributed by atoms with Crippen molar-refractivity contribution in [2.45, 2.75) is 18.6 Å². The molecule has 0 bridgehead atoms. The van der Waals surface area contributed by atoms with Gasteiger partial charge in [-0.1, -0.05) is 84.4 Å². The molecule has 3 amide bonds. The van der Waals surface area contributed by atoms with Crippen molar-refractivity contribution in [2.24, 2.45) is 0 Å². The molecule has 2 fully saturated rings. The van der Waals surface area contributed by atoms with Crippen molar-refractivity contribution in [3.05, 3.63) is 101 Å². The number of halogens is 1. The maximum absolute atomic E-state index is 14.3. The lowest BCUT2D eigenvalue weighted by atomic mass is 9.81. The summed E-state index contributed by atoms with van der Waals surface area (Å²) >= 11 is 6.39. The molecule has 0 aromatic heterocycles. The van der Waals surface area contributed by atoms with Crippen molar-refractivity contribution in [1.82, 2.24) is 14.7 Å². The van der Waals surface area contributed by atoms with Crippen LogP contribution < -0.4 is 4.90 Å². The van der Waals surface area contributed by atoms with E-state index in [0.29, 0.717) is 35.8 Å². The summed E-state index contributed by atoms with van der Waals surface area (Å²) in [5, 5.41) is 12.1. The first-order chi connectivity index (χ1) is 20.4. The van der Waals surface area contributed by atoms with Crippen molar-refractivity contribution in [3.8, 4) is 0 Å². The van der Waals surface area contributed by atoms with E-state index in [1.165, 1.54) is 4.90 Å². The molecule has 42 heavy (non-hydrogen) atoms. The predicted octanol–water partition coefficient (Wildman–Crippen LogP) is 3.59. The third-order valence-electron chi connectivity index (χ3n) is 7.82. The number of benzene rings is 3. The molecule has 0 saturated carbocycles. The molecule has 0 radical (unpaired) electrons. The number of aliphatic hydroxyl groups is 1. The Kier molecular flexibility index (Phi) is 9.11. The summed E-state index contributed by atoms with van der Waals surface area (Å²) in [5.74, 6) is -1.23. The summed E-state index contributed by atoms with van der Waals surface area (Å²) in [5.41, 5.74) is 0.566. The average molecular weight is 591 g/mol.